The Morgan fingerprint density at radius 1 is 1.24 bits per heavy atom. The van der Waals surface area contributed by atoms with Crippen LogP contribution in [0.3, 0.4) is 0 Å². The normalized spacial score (nSPS) is 19.0. The zero-order valence-corrected chi connectivity index (χ0v) is 22.7. The zero-order valence-electron chi connectivity index (χ0n) is 22.7. The molecule has 0 aromatic carbocycles. The first-order valence-corrected chi connectivity index (χ1v) is 12.1. The van der Waals surface area contributed by atoms with Gasteiger partial charge in [0.05, 0.1) is 0 Å². The summed E-state index contributed by atoms with van der Waals surface area (Å²) >= 11 is 0. The Labute approximate surface area is 207 Å². The summed E-state index contributed by atoms with van der Waals surface area (Å²) in [6, 6.07) is 0.121. The molecule has 0 spiro atoms. The van der Waals surface area contributed by atoms with Gasteiger partial charge in [-0.3, -0.25) is 4.99 Å². The molecule has 1 amide bonds. The molecule has 1 aliphatic rings. The lowest BCUT2D eigenvalue weighted by Crippen LogP contribution is -2.54. The van der Waals surface area contributed by atoms with Crippen LogP contribution in [0.15, 0.2) is 64.5 Å². The molecule has 0 bridgehead atoms. The number of hydrogen-bond donors (Lipinski definition) is 0. The fraction of sp³-hybridized carbons (Fsp3) is 0.517. The van der Waals surface area contributed by atoms with Crippen LogP contribution in [0, 0.1) is 11.8 Å². The van der Waals surface area contributed by atoms with Gasteiger partial charge in [-0.15, -0.1) is 0 Å². The third-order valence-corrected chi connectivity index (χ3v) is 5.42. The van der Waals surface area contributed by atoms with Crippen LogP contribution in [0.2, 0.25) is 0 Å². The topological polar surface area (TPSA) is 45.1 Å². The lowest BCUT2D eigenvalue weighted by atomic mass is 9.91. The molecule has 1 fully saturated rings. The van der Waals surface area contributed by atoms with Crippen LogP contribution < -0.4 is 0 Å². The predicted octanol–water partition coefficient (Wildman–Crippen LogP) is 6.67. The monoisotopic (exact) mass is 465 g/mol. The SMILES string of the molecule is C=C\N=C(C)/C(C(=C\C)/C(C#CCC)=C/C=C\C)=C(\C)N1CCN(C(=O)OC(C)(C)C)C[C@@H]1C. The van der Waals surface area contributed by atoms with E-state index in [1.165, 1.54) is 0 Å². The fourth-order valence-electron chi connectivity index (χ4n) is 3.95. The van der Waals surface area contributed by atoms with Crippen molar-refractivity contribution in [3.8, 4) is 11.8 Å². The molecule has 0 radical (unpaired) electrons. The van der Waals surface area contributed by atoms with Crippen LogP contribution in [0.5, 0.6) is 0 Å². The van der Waals surface area contributed by atoms with Crippen molar-refractivity contribution in [2.45, 2.75) is 80.4 Å². The number of nitrogens with zero attached hydrogens (tertiary/aromatic N) is 3. The largest absolute Gasteiger partial charge is 0.444 e. The summed E-state index contributed by atoms with van der Waals surface area (Å²) in [4.78, 5) is 21.3. The molecule has 5 nitrogen and oxygen atoms in total. The average molecular weight is 466 g/mol. The Hall–Kier alpha value is -3.00. The number of carbonyl (C=O) groups is 1. The van der Waals surface area contributed by atoms with Crippen molar-refractivity contribution in [2.24, 2.45) is 4.99 Å². The maximum absolute atomic E-state index is 12.6. The van der Waals surface area contributed by atoms with E-state index in [0.717, 1.165) is 34.5 Å². The Kier molecular flexibility index (Phi) is 11.7. The summed E-state index contributed by atoms with van der Waals surface area (Å²) < 4.78 is 5.59. The third kappa shape index (κ3) is 8.41. The van der Waals surface area contributed by atoms with E-state index in [1.807, 2.05) is 60.6 Å². The van der Waals surface area contributed by atoms with Gasteiger partial charge in [0.1, 0.15) is 5.60 Å². The van der Waals surface area contributed by atoms with E-state index in [9.17, 15) is 4.79 Å². The van der Waals surface area contributed by atoms with Gasteiger partial charge >= 0.3 is 6.09 Å². The highest BCUT2D eigenvalue weighted by molar-refractivity contribution is 6.04. The second kappa shape index (κ2) is 13.6. The van der Waals surface area contributed by atoms with Crippen LogP contribution in [-0.4, -0.2) is 52.9 Å². The number of allylic oxidation sites excluding steroid dienone is 8. The summed E-state index contributed by atoms with van der Waals surface area (Å²) in [6.07, 6.45) is 10.3. The minimum absolute atomic E-state index is 0.121. The smallest absolute Gasteiger partial charge is 0.410 e. The summed E-state index contributed by atoms with van der Waals surface area (Å²) in [6.45, 7) is 23.7. The van der Waals surface area contributed by atoms with Crippen molar-refractivity contribution in [2.75, 3.05) is 19.6 Å². The molecule has 0 aliphatic carbocycles. The molecular formula is C29H43N3O2. The van der Waals surface area contributed by atoms with Crippen LogP contribution in [0.4, 0.5) is 4.79 Å². The van der Waals surface area contributed by atoms with Gasteiger partial charge in [0.15, 0.2) is 0 Å². The number of rotatable bonds is 6. The number of piperazine rings is 1. The standard InChI is InChI=1S/C29H43N3O2/c1-11-15-17-25(18-16-12-2)26(13-3)27(23(6)30-14-4)24(7)32-20-19-31(21-22(32)5)28(33)34-29(8,9)10/h11,13-15,17,22H,4,12,19-21H2,1-3,5-10H3/b15-11-,25-17+,26-13-,27-24-,30-23-/t22-/m0/s1. The Bertz CT molecular complexity index is 946. The molecule has 0 aromatic heterocycles. The summed E-state index contributed by atoms with van der Waals surface area (Å²) in [5.74, 6) is 6.55. The molecular weight excluding hydrogens is 422 g/mol. The van der Waals surface area contributed by atoms with Crippen LogP contribution >= 0.6 is 0 Å². The molecule has 1 atom stereocenters. The molecule has 1 aliphatic heterocycles. The van der Waals surface area contributed by atoms with Gasteiger partial charge < -0.3 is 14.5 Å². The Balaban J connectivity index is 3.47. The van der Waals surface area contributed by atoms with E-state index in [2.05, 4.69) is 54.3 Å². The summed E-state index contributed by atoms with van der Waals surface area (Å²) in [5, 5.41) is 0. The van der Waals surface area contributed by atoms with E-state index in [0.29, 0.717) is 19.6 Å². The highest BCUT2D eigenvalue weighted by atomic mass is 16.6. The summed E-state index contributed by atoms with van der Waals surface area (Å²) in [7, 11) is 0. The first-order valence-electron chi connectivity index (χ1n) is 12.1. The number of amides is 1. The molecule has 34 heavy (non-hydrogen) atoms. The lowest BCUT2D eigenvalue weighted by molar-refractivity contribution is 0.0101. The van der Waals surface area contributed by atoms with Gasteiger partial charge in [-0.05, 0) is 67.0 Å². The highest BCUT2D eigenvalue weighted by Gasteiger charge is 2.31. The maximum atomic E-state index is 12.6. The van der Waals surface area contributed by atoms with Gasteiger partial charge in [-0.1, -0.05) is 43.6 Å². The molecule has 0 unspecified atom stereocenters. The second-order valence-electron chi connectivity index (χ2n) is 9.29. The van der Waals surface area contributed by atoms with Crippen molar-refractivity contribution in [3.05, 3.63) is 59.5 Å². The first kappa shape index (κ1) is 29.0. The molecule has 1 heterocycles. The summed E-state index contributed by atoms with van der Waals surface area (Å²) in [5.41, 5.74) is 4.52. The van der Waals surface area contributed by atoms with Crippen molar-refractivity contribution in [1.29, 1.82) is 0 Å². The maximum Gasteiger partial charge on any atom is 0.410 e. The van der Waals surface area contributed by atoms with Gasteiger partial charge in [0.2, 0.25) is 0 Å². The number of carbonyl (C=O) groups excluding carboxylic acids is 1. The quantitative estimate of drug-likeness (QED) is 0.250. The fourth-order valence-corrected chi connectivity index (χ4v) is 3.95. The van der Waals surface area contributed by atoms with Crippen molar-refractivity contribution >= 4 is 11.8 Å². The number of hydrogen-bond acceptors (Lipinski definition) is 4. The van der Waals surface area contributed by atoms with Crippen LogP contribution in [0.25, 0.3) is 0 Å². The Morgan fingerprint density at radius 2 is 1.91 bits per heavy atom. The Morgan fingerprint density at radius 3 is 2.41 bits per heavy atom. The average Bonchev–Trinajstić information content (AvgIpc) is 2.76. The van der Waals surface area contributed by atoms with Crippen LogP contribution in [-0.2, 0) is 4.74 Å². The molecule has 0 N–H and O–H groups in total. The molecule has 0 aromatic rings. The van der Waals surface area contributed by atoms with E-state index in [-0.39, 0.29) is 12.1 Å². The third-order valence-electron chi connectivity index (χ3n) is 5.42. The molecule has 1 rings (SSSR count). The van der Waals surface area contributed by atoms with Gasteiger partial charge in [-0.25, -0.2) is 4.79 Å². The molecule has 186 valence electrons. The minimum Gasteiger partial charge on any atom is -0.444 e. The van der Waals surface area contributed by atoms with Crippen molar-refractivity contribution in [3.63, 3.8) is 0 Å². The van der Waals surface area contributed by atoms with E-state index in [1.54, 1.807) is 11.1 Å². The second-order valence-corrected chi connectivity index (χ2v) is 9.29. The first-order chi connectivity index (χ1) is 16.0. The molecule has 1 saturated heterocycles. The number of aliphatic imine (C=N–C) groups is 1. The van der Waals surface area contributed by atoms with Gasteiger partial charge in [-0.2, -0.15) is 0 Å². The van der Waals surface area contributed by atoms with Crippen molar-refractivity contribution < 1.29 is 9.53 Å². The van der Waals surface area contributed by atoms with E-state index >= 15 is 0 Å². The van der Waals surface area contributed by atoms with Gasteiger partial charge in [0, 0.05) is 60.9 Å². The molecule has 5 heteroatoms. The minimum atomic E-state index is -0.505. The highest BCUT2D eigenvalue weighted by Crippen LogP contribution is 2.29. The predicted molar refractivity (Wildman–Crippen MR) is 145 cm³/mol. The van der Waals surface area contributed by atoms with Crippen molar-refractivity contribution in [1.82, 2.24) is 9.80 Å². The molecule has 0 saturated carbocycles. The number of ether oxygens (including phenoxy) is 1. The van der Waals surface area contributed by atoms with Crippen LogP contribution in [0.1, 0.15) is 68.7 Å². The zero-order chi connectivity index (χ0) is 25.9. The van der Waals surface area contributed by atoms with E-state index < -0.39 is 5.60 Å². The van der Waals surface area contributed by atoms with E-state index in [4.69, 9.17) is 4.74 Å². The lowest BCUT2D eigenvalue weighted by Gasteiger charge is -2.42. The van der Waals surface area contributed by atoms with Gasteiger partial charge in [0.25, 0.3) is 0 Å².